The fourth-order valence-electron chi connectivity index (χ4n) is 2.40. The Labute approximate surface area is 149 Å². The number of aryl methyl sites for hydroxylation is 1. The van der Waals surface area contributed by atoms with E-state index < -0.39 is 0 Å². The molecule has 0 aromatic heterocycles. The van der Waals surface area contributed by atoms with Crippen LogP contribution >= 0.6 is 0 Å². The van der Waals surface area contributed by atoms with Gasteiger partial charge in [0.1, 0.15) is 0 Å². The van der Waals surface area contributed by atoms with E-state index in [-0.39, 0.29) is 6.03 Å². The number of benzene rings is 2. The van der Waals surface area contributed by atoms with Crippen molar-refractivity contribution in [3.8, 4) is 6.07 Å². The second-order valence-electron chi connectivity index (χ2n) is 6.33. The first-order valence-corrected chi connectivity index (χ1v) is 8.24. The summed E-state index contributed by atoms with van der Waals surface area (Å²) >= 11 is 0. The zero-order valence-electron chi connectivity index (χ0n) is 15.0. The van der Waals surface area contributed by atoms with Crippen molar-refractivity contribution in [3.63, 3.8) is 0 Å². The SMILES string of the molecule is Cc1cccc(NC(=O)N(CCN(C)C)Cc2ccc(C#N)cc2)c1. The Kier molecular flexibility index (Phi) is 6.55. The zero-order valence-corrected chi connectivity index (χ0v) is 15.0. The number of hydrogen-bond acceptors (Lipinski definition) is 3. The third-order valence-electron chi connectivity index (χ3n) is 3.83. The molecule has 1 N–H and O–H groups in total. The highest BCUT2D eigenvalue weighted by Crippen LogP contribution is 2.13. The maximum absolute atomic E-state index is 12.7. The molecule has 2 amide bonds. The minimum absolute atomic E-state index is 0.128. The van der Waals surface area contributed by atoms with Gasteiger partial charge in [-0.3, -0.25) is 0 Å². The van der Waals surface area contributed by atoms with E-state index in [2.05, 4.69) is 11.4 Å². The number of likely N-dealkylation sites (N-methyl/N-ethyl adjacent to an activating group) is 1. The molecule has 0 radical (unpaired) electrons. The Morgan fingerprint density at radius 3 is 2.44 bits per heavy atom. The topological polar surface area (TPSA) is 59.4 Å². The number of carbonyl (C=O) groups is 1. The van der Waals surface area contributed by atoms with E-state index in [1.165, 1.54) is 0 Å². The summed E-state index contributed by atoms with van der Waals surface area (Å²) < 4.78 is 0. The third kappa shape index (κ3) is 5.94. The Bertz CT molecular complexity index is 747. The lowest BCUT2D eigenvalue weighted by Gasteiger charge is -2.25. The summed E-state index contributed by atoms with van der Waals surface area (Å²) in [4.78, 5) is 16.5. The summed E-state index contributed by atoms with van der Waals surface area (Å²) in [5, 5.41) is 11.9. The minimum atomic E-state index is -0.128. The molecular weight excluding hydrogens is 312 g/mol. The first kappa shape index (κ1) is 18.5. The molecule has 0 unspecified atom stereocenters. The summed E-state index contributed by atoms with van der Waals surface area (Å²) in [6.07, 6.45) is 0. The van der Waals surface area contributed by atoms with Gasteiger partial charge in [-0.2, -0.15) is 5.26 Å². The van der Waals surface area contributed by atoms with Crippen LogP contribution in [0, 0.1) is 18.3 Å². The number of nitrogens with zero attached hydrogens (tertiary/aromatic N) is 3. The van der Waals surface area contributed by atoms with Gasteiger partial charge < -0.3 is 15.1 Å². The number of hydrogen-bond donors (Lipinski definition) is 1. The molecule has 0 atom stereocenters. The van der Waals surface area contributed by atoms with E-state index in [9.17, 15) is 4.79 Å². The van der Waals surface area contributed by atoms with E-state index in [4.69, 9.17) is 5.26 Å². The molecule has 0 aliphatic heterocycles. The summed E-state index contributed by atoms with van der Waals surface area (Å²) in [5.41, 5.74) is 3.51. The number of urea groups is 1. The van der Waals surface area contributed by atoms with Gasteiger partial charge in [-0.05, 0) is 56.4 Å². The summed E-state index contributed by atoms with van der Waals surface area (Å²) in [7, 11) is 3.97. The first-order chi connectivity index (χ1) is 12.0. The average molecular weight is 336 g/mol. The minimum Gasteiger partial charge on any atom is -0.319 e. The lowest BCUT2D eigenvalue weighted by Crippen LogP contribution is -2.39. The number of rotatable bonds is 6. The first-order valence-electron chi connectivity index (χ1n) is 8.24. The van der Waals surface area contributed by atoms with E-state index in [1.54, 1.807) is 17.0 Å². The van der Waals surface area contributed by atoms with Gasteiger partial charge in [-0.25, -0.2) is 4.79 Å². The predicted molar refractivity (Wildman–Crippen MR) is 100 cm³/mol. The largest absolute Gasteiger partial charge is 0.322 e. The molecule has 0 spiro atoms. The van der Waals surface area contributed by atoms with Crippen molar-refractivity contribution in [1.29, 1.82) is 5.26 Å². The van der Waals surface area contributed by atoms with Crippen molar-refractivity contribution < 1.29 is 4.79 Å². The van der Waals surface area contributed by atoms with Crippen LogP contribution < -0.4 is 5.32 Å². The van der Waals surface area contributed by atoms with Gasteiger partial charge in [-0.15, -0.1) is 0 Å². The summed E-state index contributed by atoms with van der Waals surface area (Å²) in [6, 6.07) is 17.1. The van der Waals surface area contributed by atoms with E-state index >= 15 is 0 Å². The maximum atomic E-state index is 12.7. The second kappa shape index (κ2) is 8.86. The van der Waals surface area contributed by atoms with Gasteiger partial charge >= 0.3 is 6.03 Å². The Morgan fingerprint density at radius 1 is 1.12 bits per heavy atom. The van der Waals surface area contributed by atoms with Gasteiger partial charge in [0.15, 0.2) is 0 Å². The van der Waals surface area contributed by atoms with Crippen molar-refractivity contribution in [2.24, 2.45) is 0 Å². The summed E-state index contributed by atoms with van der Waals surface area (Å²) in [6.45, 7) is 3.88. The van der Waals surface area contributed by atoms with Gasteiger partial charge in [0.25, 0.3) is 0 Å². The van der Waals surface area contributed by atoms with Crippen LogP contribution in [0.3, 0.4) is 0 Å². The van der Waals surface area contributed by atoms with Crippen LogP contribution in [0.1, 0.15) is 16.7 Å². The molecule has 25 heavy (non-hydrogen) atoms. The second-order valence-corrected chi connectivity index (χ2v) is 6.33. The Balaban J connectivity index is 2.10. The molecule has 130 valence electrons. The molecule has 0 bridgehead atoms. The van der Waals surface area contributed by atoms with Crippen molar-refractivity contribution in [1.82, 2.24) is 9.80 Å². The molecule has 0 aliphatic carbocycles. The van der Waals surface area contributed by atoms with Crippen LogP contribution in [0.15, 0.2) is 48.5 Å². The van der Waals surface area contributed by atoms with E-state index in [1.807, 2.05) is 62.3 Å². The molecule has 5 nitrogen and oxygen atoms in total. The number of amides is 2. The highest BCUT2D eigenvalue weighted by Gasteiger charge is 2.14. The smallest absolute Gasteiger partial charge is 0.319 e. The fourth-order valence-corrected chi connectivity index (χ4v) is 2.40. The number of nitriles is 1. The van der Waals surface area contributed by atoms with Crippen LogP contribution in [0.25, 0.3) is 0 Å². The third-order valence-corrected chi connectivity index (χ3v) is 3.83. The van der Waals surface area contributed by atoms with Crippen LogP contribution in [0.5, 0.6) is 0 Å². The molecule has 2 rings (SSSR count). The van der Waals surface area contributed by atoms with Crippen molar-refractivity contribution in [3.05, 3.63) is 65.2 Å². The molecule has 0 heterocycles. The van der Waals surface area contributed by atoms with Crippen molar-refractivity contribution in [2.45, 2.75) is 13.5 Å². The Hall–Kier alpha value is -2.84. The van der Waals surface area contributed by atoms with Gasteiger partial charge in [0.2, 0.25) is 0 Å². The van der Waals surface area contributed by atoms with Crippen LogP contribution in [-0.4, -0.2) is 43.0 Å². The Morgan fingerprint density at radius 2 is 1.84 bits per heavy atom. The van der Waals surface area contributed by atoms with Crippen molar-refractivity contribution >= 4 is 11.7 Å². The highest BCUT2D eigenvalue weighted by molar-refractivity contribution is 5.89. The average Bonchev–Trinajstić information content (AvgIpc) is 2.59. The standard InChI is InChI=1S/C20H24N4O/c1-16-5-4-6-19(13-16)22-20(25)24(12-11-23(2)3)15-18-9-7-17(14-21)8-10-18/h4-10,13H,11-12,15H2,1-3H3,(H,22,25). The highest BCUT2D eigenvalue weighted by atomic mass is 16.2. The predicted octanol–water partition coefficient (Wildman–Crippen LogP) is 3.46. The fraction of sp³-hybridized carbons (Fsp3) is 0.300. The van der Waals surface area contributed by atoms with Crippen LogP contribution in [-0.2, 0) is 6.54 Å². The molecule has 5 heteroatoms. The van der Waals surface area contributed by atoms with Crippen LogP contribution in [0.2, 0.25) is 0 Å². The summed E-state index contributed by atoms with van der Waals surface area (Å²) in [5.74, 6) is 0. The lowest BCUT2D eigenvalue weighted by molar-refractivity contribution is 0.202. The van der Waals surface area contributed by atoms with Crippen molar-refractivity contribution in [2.75, 3.05) is 32.5 Å². The lowest BCUT2D eigenvalue weighted by atomic mass is 10.1. The molecule has 0 saturated carbocycles. The van der Waals surface area contributed by atoms with E-state index in [0.29, 0.717) is 18.7 Å². The van der Waals surface area contributed by atoms with Gasteiger partial charge in [-0.1, -0.05) is 24.3 Å². The monoisotopic (exact) mass is 336 g/mol. The normalized spacial score (nSPS) is 10.4. The number of anilines is 1. The number of nitrogens with one attached hydrogen (secondary N) is 1. The molecule has 0 saturated heterocycles. The molecular formula is C20H24N4O. The molecule has 0 aliphatic rings. The molecule has 2 aromatic rings. The van der Waals surface area contributed by atoms with E-state index in [0.717, 1.165) is 23.4 Å². The molecule has 2 aromatic carbocycles. The maximum Gasteiger partial charge on any atom is 0.322 e. The van der Waals surface area contributed by atoms with Gasteiger partial charge in [0.05, 0.1) is 11.6 Å². The number of carbonyl (C=O) groups excluding carboxylic acids is 1. The zero-order chi connectivity index (χ0) is 18.2. The molecule has 0 fully saturated rings. The van der Waals surface area contributed by atoms with Gasteiger partial charge in [0, 0.05) is 25.3 Å². The quantitative estimate of drug-likeness (QED) is 0.879. The van der Waals surface area contributed by atoms with Crippen LogP contribution in [0.4, 0.5) is 10.5 Å².